The van der Waals surface area contributed by atoms with Crippen molar-refractivity contribution in [2.45, 2.75) is 25.5 Å². The van der Waals surface area contributed by atoms with Crippen molar-refractivity contribution in [2.24, 2.45) is 0 Å². The van der Waals surface area contributed by atoms with E-state index in [4.69, 9.17) is 4.74 Å². The fourth-order valence-corrected chi connectivity index (χ4v) is 3.01. The molecule has 1 fully saturated rings. The average Bonchev–Trinajstić information content (AvgIpc) is 2.40. The zero-order valence-electron chi connectivity index (χ0n) is 10.9. The van der Waals surface area contributed by atoms with Gasteiger partial charge in [0, 0.05) is 17.6 Å². The number of ether oxygens (including phenoxy) is 1. The number of benzene rings is 1. The Hall–Kier alpha value is -0.910. The van der Waals surface area contributed by atoms with Gasteiger partial charge in [-0.1, -0.05) is 41.1 Å². The van der Waals surface area contributed by atoms with E-state index >= 15 is 0 Å². The third-order valence-electron chi connectivity index (χ3n) is 3.46. The third kappa shape index (κ3) is 3.35. The molecule has 0 bridgehead atoms. The second kappa shape index (κ2) is 6.50. The van der Waals surface area contributed by atoms with Gasteiger partial charge in [-0.05, 0) is 18.1 Å². The van der Waals surface area contributed by atoms with Gasteiger partial charge in [-0.15, -0.1) is 0 Å². The summed E-state index contributed by atoms with van der Waals surface area (Å²) in [4.78, 5) is 13.2. The zero-order chi connectivity index (χ0) is 13.8. The molecule has 1 aromatic rings. The number of morpholine rings is 1. The van der Waals surface area contributed by atoms with Crippen LogP contribution in [0.3, 0.4) is 0 Å². The number of hydrogen-bond donors (Lipinski definition) is 1. The Labute approximate surface area is 121 Å². The van der Waals surface area contributed by atoms with E-state index in [1.807, 2.05) is 36.1 Å². The highest BCUT2D eigenvalue weighted by atomic mass is 79.9. The van der Waals surface area contributed by atoms with Crippen LogP contribution in [0.1, 0.15) is 25.0 Å². The lowest BCUT2D eigenvalue weighted by molar-refractivity contribution is -0.147. The number of carboxylic acid groups (broad SMARTS) is 1. The summed E-state index contributed by atoms with van der Waals surface area (Å²) in [5.41, 5.74) is 1.08. The summed E-state index contributed by atoms with van der Waals surface area (Å²) in [6, 6.07) is 7.50. The molecule has 0 saturated carbocycles. The van der Waals surface area contributed by atoms with E-state index in [2.05, 4.69) is 15.9 Å². The van der Waals surface area contributed by atoms with Crippen molar-refractivity contribution in [1.82, 2.24) is 4.90 Å². The van der Waals surface area contributed by atoms with E-state index < -0.39 is 12.0 Å². The number of hydrogen-bond acceptors (Lipinski definition) is 3. The van der Waals surface area contributed by atoms with E-state index in [-0.39, 0.29) is 6.10 Å². The minimum Gasteiger partial charge on any atom is -0.480 e. The smallest absolute Gasteiger partial charge is 0.320 e. The first kappa shape index (κ1) is 14.5. The lowest BCUT2D eigenvalue weighted by atomic mass is 10.1. The topological polar surface area (TPSA) is 49.8 Å². The minimum absolute atomic E-state index is 0.0716. The van der Waals surface area contributed by atoms with Crippen LogP contribution in [-0.4, -0.2) is 41.7 Å². The van der Waals surface area contributed by atoms with Gasteiger partial charge in [0.15, 0.2) is 0 Å². The standard InChI is InChI=1S/C14H18BrNO3/c1-2-12(14(17)18)16-7-8-19-13(9-16)10-5-3-4-6-11(10)15/h3-6,12-13H,2,7-9H2,1H3,(H,17,18). The molecule has 2 atom stereocenters. The normalized spacial score (nSPS) is 22.1. The average molecular weight is 328 g/mol. The summed E-state index contributed by atoms with van der Waals surface area (Å²) in [5, 5.41) is 9.25. The van der Waals surface area contributed by atoms with Crippen LogP contribution in [0.4, 0.5) is 0 Å². The molecular weight excluding hydrogens is 310 g/mol. The molecule has 1 saturated heterocycles. The van der Waals surface area contributed by atoms with Crippen LogP contribution in [0.15, 0.2) is 28.7 Å². The Morgan fingerprint density at radius 3 is 2.95 bits per heavy atom. The number of halogens is 1. The van der Waals surface area contributed by atoms with Crippen molar-refractivity contribution >= 4 is 21.9 Å². The molecule has 1 heterocycles. The Bertz CT molecular complexity index is 452. The van der Waals surface area contributed by atoms with Crippen molar-refractivity contribution < 1.29 is 14.6 Å². The van der Waals surface area contributed by atoms with Crippen LogP contribution in [-0.2, 0) is 9.53 Å². The number of aliphatic carboxylic acids is 1. The SMILES string of the molecule is CCC(C(=O)O)N1CCOC(c2ccccc2Br)C1. The van der Waals surface area contributed by atoms with Gasteiger partial charge in [0.25, 0.3) is 0 Å². The van der Waals surface area contributed by atoms with Crippen molar-refractivity contribution in [1.29, 1.82) is 0 Å². The van der Waals surface area contributed by atoms with Crippen molar-refractivity contribution in [2.75, 3.05) is 19.7 Å². The maximum absolute atomic E-state index is 11.2. The molecule has 1 aliphatic rings. The monoisotopic (exact) mass is 327 g/mol. The number of rotatable bonds is 4. The van der Waals surface area contributed by atoms with E-state index in [0.717, 1.165) is 10.0 Å². The van der Waals surface area contributed by atoms with Crippen molar-refractivity contribution in [3.8, 4) is 0 Å². The summed E-state index contributed by atoms with van der Waals surface area (Å²) >= 11 is 3.52. The van der Waals surface area contributed by atoms with Crippen LogP contribution in [0.5, 0.6) is 0 Å². The van der Waals surface area contributed by atoms with Crippen LogP contribution in [0, 0.1) is 0 Å². The van der Waals surface area contributed by atoms with Gasteiger partial charge in [0.1, 0.15) is 6.04 Å². The van der Waals surface area contributed by atoms with Gasteiger partial charge in [0.2, 0.25) is 0 Å². The molecule has 0 spiro atoms. The Kier molecular flexibility index (Phi) is 4.96. The van der Waals surface area contributed by atoms with E-state index in [1.165, 1.54) is 0 Å². The molecule has 0 amide bonds. The van der Waals surface area contributed by atoms with Gasteiger partial charge in [-0.3, -0.25) is 9.69 Å². The molecule has 0 aliphatic carbocycles. The zero-order valence-corrected chi connectivity index (χ0v) is 12.5. The molecule has 1 aromatic carbocycles. The molecule has 0 aromatic heterocycles. The lowest BCUT2D eigenvalue weighted by Crippen LogP contribution is -2.48. The largest absolute Gasteiger partial charge is 0.480 e. The maximum Gasteiger partial charge on any atom is 0.320 e. The van der Waals surface area contributed by atoms with Crippen molar-refractivity contribution in [3.05, 3.63) is 34.3 Å². The summed E-state index contributed by atoms with van der Waals surface area (Å²) < 4.78 is 6.79. The molecule has 2 rings (SSSR count). The van der Waals surface area contributed by atoms with Gasteiger partial charge in [-0.25, -0.2) is 0 Å². The number of nitrogens with zero attached hydrogens (tertiary/aromatic N) is 1. The molecule has 0 radical (unpaired) electrons. The van der Waals surface area contributed by atoms with E-state index in [9.17, 15) is 9.90 Å². The molecule has 1 aliphatic heterocycles. The highest BCUT2D eigenvalue weighted by Crippen LogP contribution is 2.29. The fraction of sp³-hybridized carbons (Fsp3) is 0.500. The first-order valence-corrected chi connectivity index (χ1v) is 7.25. The minimum atomic E-state index is -0.754. The first-order valence-electron chi connectivity index (χ1n) is 6.46. The van der Waals surface area contributed by atoms with Crippen molar-refractivity contribution in [3.63, 3.8) is 0 Å². The highest BCUT2D eigenvalue weighted by molar-refractivity contribution is 9.10. The van der Waals surface area contributed by atoms with Gasteiger partial charge < -0.3 is 9.84 Å². The first-order chi connectivity index (χ1) is 9.13. The van der Waals surface area contributed by atoms with E-state index in [1.54, 1.807) is 0 Å². The van der Waals surface area contributed by atoms with Crippen LogP contribution in [0.25, 0.3) is 0 Å². The molecule has 5 heteroatoms. The van der Waals surface area contributed by atoms with Gasteiger partial charge in [-0.2, -0.15) is 0 Å². The van der Waals surface area contributed by atoms with Crippen LogP contribution < -0.4 is 0 Å². The van der Waals surface area contributed by atoms with Crippen LogP contribution in [0.2, 0.25) is 0 Å². The molecule has 104 valence electrons. The fourth-order valence-electron chi connectivity index (χ4n) is 2.47. The summed E-state index contributed by atoms with van der Waals surface area (Å²) in [5.74, 6) is -0.754. The molecule has 4 nitrogen and oxygen atoms in total. The summed E-state index contributed by atoms with van der Waals surface area (Å²) in [6.45, 7) is 3.76. The second-order valence-electron chi connectivity index (χ2n) is 4.64. The molecule has 19 heavy (non-hydrogen) atoms. The Morgan fingerprint density at radius 1 is 1.58 bits per heavy atom. The maximum atomic E-state index is 11.2. The lowest BCUT2D eigenvalue weighted by Gasteiger charge is -2.36. The van der Waals surface area contributed by atoms with E-state index in [0.29, 0.717) is 26.1 Å². The highest BCUT2D eigenvalue weighted by Gasteiger charge is 2.30. The Balaban J connectivity index is 2.13. The quantitative estimate of drug-likeness (QED) is 0.923. The molecule has 1 N–H and O–H groups in total. The summed E-state index contributed by atoms with van der Waals surface area (Å²) in [7, 11) is 0. The predicted octanol–water partition coefficient (Wildman–Crippen LogP) is 2.69. The van der Waals surface area contributed by atoms with Gasteiger partial charge in [0.05, 0.1) is 12.7 Å². The predicted molar refractivity (Wildman–Crippen MR) is 76.1 cm³/mol. The second-order valence-corrected chi connectivity index (χ2v) is 5.49. The summed E-state index contributed by atoms with van der Waals surface area (Å²) in [6.07, 6.45) is 0.538. The third-order valence-corrected chi connectivity index (χ3v) is 4.18. The van der Waals surface area contributed by atoms with Crippen LogP contribution >= 0.6 is 15.9 Å². The number of carboxylic acids is 1. The van der Waals surface area contributed by atoms with Gasteiger partial charge >= 0.3 is 5.97 Å². The molecule has 2 unspecified atom stereocenters. The Morgan fingerprint density at radius 2 is 2.32 bits per heavy atom. The molecular formula is C14H18BrNO3. The number of carbonyl (C=O) groups is 1.